The van der Waals surface area contributed by atoms with Crippen molar-refractivity contribution in [3.63, 3.8) is 0 Å². The van der Waals surface area contributed by atoms with Crippen molar-refractivity contribution in [2.24, 2.45) is 0 Å². The van der Waals surface area contributed by atoms with Crippen LogP contribution in [0.4, 0.5) is 11.4 Å². The summed E-state index contributed by atoms with van der Waals surface area (Å²) in [6.45, 7) is 1.76. The molecule has 9 nitrogen and oxygen atoms in total. The summed E-state index contributed by atoms with van der Waals surface area (Å²) in [6, 6.07) is 14.4. The fraction of sp³-hybridized carbons (Fsp3) is 0.333. The van der Waals surface area contributed by atoms with Crippen LogP contribution in [0.1, 0.15) is 25.7 Å². The van der Waals surface area contributed by atoms with E-state index in [1.165, 1.54) is 0 Å². The third kappa shape index (κ3) is 4.94. The summed E-state index contributed by atoms with van der Waals surface area (Å²) < 4.78 is 5.84. The van der Waals surface area contributed by atoms with Gasteiger partial charge in [0.15, 0.2) is 0 Å². The first-order valence-electron chi connectivity index (χ1n) is 11.3. The first-order chi connectivity index (χ1) is 16.2. The van der Waals surface area contributed by atoms with Crippen LogP contribution in [0.3, 0.4) is 0 Å². The highest BCUT2D eigenvalue weighted by atomic mass is 16.4. The van der Waals surface area contributed by atoms with Gasteiger partial charge in [-0.15, -0.1) is 10.2 Å². The SMILES string of the molecule is O=C(Nc1ccc(-c2nnc(-c3ccc(NC(=O)C4CCCN4)cc3)o2)cc1)C1CCCN1. The summed E-state index contributed by atoms with van der Waals surface area (Å²) in [5.74, 6) is 0.758. The Balaban J connectivity index is 1.21. The van der Waals surface area contributed by atoms with E-state index in [0.717, 1.165) is 61.3 Å². The van der Waals surface area contributed by atoms with Crippen LogP contribution in [0, 0.1) is 0 Å². The summed E-state index contributed by atoms with van der Waals surface area (Å²) in [5.41, 5.74) is 2.97. The normalized spacial score (nSPS) is 20.0. The Morgan fingerprint density at radius 3 is 1.52 bits per heavy atom. The molecule has 0 spiro atoms. The van der Waals surface area contributed by atoms with Gasteiger partial charge in [-0.05, 0) is 87.3 Å². The molecule has 1 aromatic heterocycles. The van der Waals surface area contributed by atoms with E-state index < -0.39 is 0 Å². The van der Waals surface area contributed by atoms with Crippen molar-refractivity contribution in [1.29, 1.82) is 0 Å². The number of carbonyl (C=O) groups is 2. The van der Waals surface area contributed by atoms with E-state index in [4.69, 9.17) is 4.42 Å². The van der Waals surface area contributed by atoms with Crippen molar-refractivity contribution in [2.45, 2.75) is 37.8 Å². The van der Waals surface area contributed by atoms with Crippen molar-refractivity contribution in [3.8, 4) is 22.9 Å². The lowest BCUT2D eigenvalue weighted by Gasteiger charge is -2.11. The molecule has 2 aromatic carbocycles. The highest BCUT2D eigenvalue weighted by molar-refractivity contribution is 5.95. The molecule has 0 saturated carbocycles. The molecule has 2 amide bonds. The molecule has 2 atom stereocenters. The van der Waals surface area contributed by atoms with Gasteiger partial charge in [-0.1, -0.05) is 0 Å². The summed E-state index contributed by atoms with van der Waals surface area (Å²) in [6.07, 6.45) is 3.76. The Labute approximate surface area is 191 Å². The number of nitrogens with zero attached hydrogens (tertiary/aromatic N) is 2. The van der Waals surface area contributed by atoms with Gasteiger partial charge in [0, 0.05) is 22.5 Å². The summed E-state index contributed by atoms with van der Waals surface area (Å²) in [4.78, 5) is 24.5. The maximum atomic E-state index is 12.2. The Hall–Kier alpha value is -3.56. The Bertz CT molecular complexity index is 1030. The number of nitrogens with one attached hydrogen (secondary N) is 4. The third-order valence-corrected chi connectivity index (χ3v) is 5.98. The van der Waals surface area contributed by atoms with E-state index >= 15 is 0 Å². The molecule has 4 N–H and O–H groups in total. The minimum Gasteiger partial charge on any atom is -0.416 e. The molecule has 0 bridgehead atoms. The van der Waals surface area contributed by atoms with Gasteiger partial charge < -0.3 is 25.7 Å². The van der Waals surface area contributed by atoms with Crippen molar-refractivity contribution >= 4 is 23.2 Å². The number of amides is 2. The van der Waals surface area contributed by atoms with E-state index in [1.807, 2.05) is 48.5 Å². The lowest BCUT2D eigenvalue weighted by atomic mass is 10.2. The van der Waals surface area contributed by atoms with E-state index in [-0.39, 0.29) is 23.9 Å². The molecule has 2 saturated heterocycles. The summed E-state index contributed by atoms with van der Waals surface area (Å²) in [7, 11) is 0. The molecule has 2 unspecified atom stereocenters. The van der Waals surface area contributed by atoms with Crippen LogP contribution in [0.2, 0.25) is 0 Å². The van der Waals surface area contributed by atoms with Crippen LogP contribution < -0.4 is 21.3 Å². The largest absolute Gasteiger partial charge is 0.416 e. The number of rotatable bonds is 6. The second-order valence-electron chi connectivity index (χ2n) is 8.34. The number of hydrogen-bond donors (Lipinski definition) is 4. The van der Waals surface area contributed by atoms with Gasteiger partial charge >= 0.3 is 0 Å². The lowest BCUT2D eigenvalue weighted by Crippen LogP contribution is -2.35. The van der Waals surface area contributed by atoms with Gasteiger partial charge in [0.2, 0.25) is 23.6 Å². The second-order valence-corrected chi connectivity index (χ2v) is 8.34. The Morgan fingerprint density at radius 2 is 1.15 bits per heavy atom. The molecule has 33 heavy (non-hydrogen) atoms. The average molecular weight is 447 g/mol. The van der Waals surface area contributed by atoms with E-state index in [0.29, 0.717) is 11.8 Å². The maximum Gasteiger partial charge on any atom is 0.248 e. The third-order valence-electron chi connectivity index (χ3n) is 5.98. The number of hydrogen-bond acceptors (Lipinski definition) is 7. The average Bonchev–Trinajstić information content (AvgIpc) is 3.63. The highest BCUT2D eigenvalue weighted by Crippen LogP contribution is 2.26. The first-order valence-corrected chi connectivity index (χ1v) is 11.3. The summed E-state index contributed by atoms with van der Waals surface area (Å²) in [5, 5.41) is 20.5. The second kappa shape index (κ2) is 9.51. The minimum absolute atomic E-state index is 0.0144. The number of anilines is 2. The van der Waals surface area contributed by atoms with Crippen LogP contribution in [0.5, 0.6) is 0 Å². The molecule has 3 heterocycles. The smallest absolute Gasteiger partial charge is 0.248 e. The molecule has 9 heteroatoms. The predicted molar refractivity (Wildman–Crippen MR) is 124 cm³/mol. The van der Waals surface area contributed by atoms with Crippen molar-refractivity contribution in [3.05, 3.63) is 48.5 Å². The molecule has 170 valence electrons. The number of carbonyl (C=O) groups excluding carboxylic acids is 2. The zero-order chi connectivity index (χ0) is 22.6. The van der Waals surface area contributed by atoms with Gasteiger partial charge in [0.05, 0.1) is 12.1 Å². The monoisotopic (exact) mass is 446 g/mol. The van der Waals surface area contributed by atoms with Crippen LogP contribution in [-0.2, 0) is 9.59 Å². The molecule has 2 aliphatic rings. The minimum atomic E-state index is -0.123. The van der Waals surface area contributed by atoms with E-state index in [1.54, 1.807) is 0 Å². The zero-order valence-corrected chi connectivity index (χ0v) is 18.1. The van der Waals surface area contributed by atoms with Gasteiger partial charge in [-0.25, -0.2) is 0 Å². The van der Waals surface area contributed by atoms with Crippen molar-refractivity contribution in [2.75, 3.05) is 23.7 Å². The summed E-state index contributed by atoms with van der Waals surface area (Å²) >= 11 is 0. The van der Waals surface area contributed by atoms with Gasteiger partial charge in [0.1, 0.15) is 0 Å². The number of benzene rings is 2. The van der Waals surface area contributed by atoms with Gasteiger partial charge in [0.25, 0.3) is 0 Å². The Morgan fingerprint density at radius 1 is 0.727 bits per heavy atom. The standard InChI is InChI=1S/C24H26N6O3/c31-21(19-3-1-13-25-19)27-17-9-5-15(6-10-17)23-29-30-24(33-23)16-7-11-18(12-8-16)28-22(32)20-4-2-14-26-20/h5-12,19-20,25-26H,1-4,13-14H2,(H,27,31)(H,28,32). The van der Waals surface area contributed by atoms with Crippen LogP contribution in [-0.4, -0.2) is 47.2 Å². The first kappa shape index (κ1) is 21.3. The van der Waals surface area contributed by atoms with Gasteiger partial charge in [-0.2, -0.15) is 0 Å². The van der Waals surface area contributed by atoms with Crippen molar-refractivity contribution < 1.29 is 14.0 Å². The van der Waals surface area contributed by atoms with Gasteiger partial charge in [-0.3, -0.25) is 9.59 Å². The fourth-order valence-electron chi connectivity index (χ4n) is 4.12. The van der Waals surface area contributed by atoms with Crippen molar-refractivity contribution in [1.82, 2.24) is 20.8 Å². The number of aromatic nitrogens is 2. The molecule has 2 aliphatic heterocycles. The molecular formula is C24H26N6O3. The zero-order valence-electron chi connectivity index (χ0n) is 18.1. The van der Waals surface area contributed by atoms with E-state index in [2.05, 4.69) is 31.5 Å². The molecule has 5 rings (SSSR count). The van der Waals surface area contributed by atoms with Crippen LogP contribution in [0.25, 0.3) is 22.9 Å². The highest BCUT2D eigenvalue weighted by Gasteiger charge is 2.23. The molecule has 2 fully saturated rings. The molecular weight excluding hydrogens is 420 g/mol. The molecule has 0 radical (unpaired) electrons. The quantitative estimate of drug-likeness (QED) is 0.459. The Kier molecular flexibility index (Phi) is 6.14. The topological polar surface area (TPSA) is 121 Å². The molecule has 3 aromatic rings. The van der Waals surface area contributed by atoms with E-state index in [9.17, 15) is 9.59 Å². The maximum absolute atomic E-state index is 12.2. The lowest BCUT2D eigenvalue weighted by molar-refractivity contribution is -0.118. The van der Waals surface area contributed by atoms with Crippen LogP contribution >= 0.6 is 0 Å². The molecule has 0 aliphatic carbocycles. The predicted octanol–water partition coefficient (Wildman–Crippen LogP) is 2.78. The fourth-order valence-corrected chi connectivity index (χ4v) is 4.12. The van der Waals surface area contributed by atoms with Crippen LogP contribution in [0.15, 0.2) is 52.9 Å².